The van der Waals surface area contributed by atoms with Crippen LogP contribution in [0.1, 0.15) is 39.5 Å². The second-order valence-corrected chi connectivity index (χ2v) is 3.78. The summed E-state index contributed by atoms with van der Waals surface area (Å²) in [6.45, 7) is 2.45. The minimum absolute atomic E-state index is 0.0347. The molecule has 0 aromatic heterocycles. The zero-order chi connectivity index (χ0) is 9.19. The minimum Gasteiger partial charge on any atom is -0.460 e. The average molecular weight is 174 g/mol. The summed E-state index contributed by atoms with van der Waals surface area (Å²) in [7, 11) is 0. The third-order valence-corrected chi connectivity index (χ3v) is 2.06. The first-order valence-corrected chi connectivity index (χ1v) is 4.40. The highest BCUT2D eigenvalue weighted by Crippen LogP contribution is 2.23. The zero-order valence-electron chi connectivity index (χ0n) is 7.60. The first kappa shape index (κ1) is 9.49. The van der Waals surface area contributed by atoms with E-state index in [1.165, 1.54) is 13.8 Å². The monoisotopic (exact) mass is 174 g/mol. The van der Waals surface area contributed by atoms with Crippen molar-refractivity contribution in [2.45, 2.75) is 51.3 Å². The molecule has 2 nitrogen and oxygen atoms in total. The second kappa shape index (κ2) is 3.42. The Morgan fingerprint density at radius 2 is 1.92 bits per heavy atom. The number of hydrogen-bond donors (Lipinski definition) is 0. The molecule has 1 saturated carbocycles. The number of rotatable bonds is 2. The molecule has 70 valence electrons. The topological polar surface area (TPSA) is 26.3 Å². The summed E-state index contributed by atoms with van der Waals surface area (Å²) >= 11 is 0. The predicted octanol–water partition coefficient (Wildman–Crippen LogP) is 2.22. The van der Waals surface area contributed by atoms with Gasteiger partial charge < -0.3 is 4.74 Å². The molecule has 0 amide bonds. The number of carbonyl (C=O) groups is 1. The van der Waals surface area contributed by atoms with Gasteiger partial charge in [-0.2, -0.15) is 0 Å². The van der Waals surface area contributed by atoms with Crippen molar-refractivity contribution in [3.05, 3.63) is 0 Å². The van der Waals surface area contributed by atoms with E-state index in [1.807, 2.05) is 0 Å². The summed E-state index contributed by atoms with van der Waals surface area (Å²) in [5.41, 5.74) is -1.84. The Kier molecular flexibility index (Phi) is 2.70. The van der Waals surface area contributed by atoms with Crippen LogP contribution in [0.25, 0.3) is 0 Å². The maximum atomic E-state index is 13.0. The Morgan fingerprint density at radius 3 is 2.33 bits per heavy atom. The van der Waals surface area contributed by atoms with Gasteiger partial charge in [0, 0.05) is 0 Å². The number of esters is 1. The normalized spacial score (nSPS) is 19.6. The van der Waals surface area contributed by atoms with Crippen molar-refractivity contribution in [3.8, 4) is 0 Å². The highest BCUT2D eigenvalue weighted by atomic mass is 19.1. The first-order chi connectivity index (χ1) is 5.50. The van der Waals surface area contributed by atoms with Crippen LogP contribution in [0.15, 0.2) is 0 Å². The van der Waals surface area contributed by atoms with Gasteiger partial charge >= 0.3 is 5.97 Å². The molecule has 3 heteroatoms. The molecule has 1 fully saturated rings. The van der Waals surface area contributed by atoms with E-state index in [0.29, 0.717) is 0 Å². The molecule has 0 aliphatic heterocycles. The maximum absolute atomic E-state index is 13.0. The highest BCUT2D eigenvalue weighted by Gasteiger charge is 2.31. The highest BCUT2D eigenvalue weighted by molar-refractivity contribution is 5.78. The second-order valence-electron chi connectivity index (χ2n) is 3.78. The summed E-state index contributed by atoms with van der Waals surface area (Å²) in [5, 5.41) is 0. The van der Waals surface area contributed by atoms with Gasteiger partial charge in [0.25, 0.3) is 0 Å². The largest absolute Gasteiger partial charge is 0.460 e. The van der Waals surface area contributed by atoms with Gasteiger partial charge in [-0.25, -0.2) is 9.18 Å². The zero-order valence-corrected chi connectivity index (χ0v) is 7.60. The average Bonchev–Trinajstić information content (AvgIpc) is 2.37. The summed E-state index contributed by atoms with van der Waals surface area (Å²) in [4.78, 5) is 11.0. The van der Waals surface area contributed by atoms with Crippen LogP contribution in [0.3, 0.4) is 0 Å². The van der Waals surface area contributed by atoms with Crippen LogP contribution < -0.4 is 0 Å². The quantitative estimate of drug-likeness (QED) is 0.600. The molecule has 0 heterocycles. The lowest BCUT2D eigenvalue weighted by Crippen LogP contribution is -2.31. The van der Waals surface area contributed by atoms with Crippen LogP contribution in [-0.4, -0.2) is 17.7 Å². The SMILES string of the molecule is CC(C)(F)C(=O)OC1CCCC1. The lowest BCUT2D eigenvalue weighted by molar-refractivity contribution is -0.160. The third kappa shape index (κ3) is 2.47. The molecule has 0 saturated heterocycles. The van der Waals surface area contributed by atoms with Crippen molar-refractivity contribution in [3.63, 3.8) is 0 Å². The summed E-state index contributed by atoms with van der Waals surface area (Å²) < 4.78 is 17.9. The van der Waals surface area contributed by atoms with E-state index in [9.17, 15) is 9.18 Å². The molecular formula is C9H15FO2. The van der Waals surface area contributed by atoms with Crippen LogP contribution in [0.4, 0.5) is 4.39 Å². The number of carbonyl (C=O) groups excluding carboxylic acids is 1. The van der Waals surface area contributed by atoms with E-state index in [4.69, 9.17) is 4.74 Å². The van der Waals surface area contributed by atoms with Crippen molar-refractivity contribution >= 4 is 5.97 Å². The molecule has 1 aliphatic rings. The molecule has 1 rings (SSSR count). The van der Waals surface area contributed by atoms with Crippen LogP contribution in [0.2, 0.25) is 0 Å². The molecule has 0 spiro atoms. The van der Waals surface area contributed by atoms with E-state index in [-0.39, 0.29) is 6.10 Å². The van der Waals surface area contributed by atoms with Crippen molar-refractivity contribution in [1.82, 2.24) is 0 Å². The molecule has 0 unspecified atom stereocenters. The lowest BCUT2D eigenvalue weighted by Gasteiger charge is -2.17. The third-order valence-electron chi connectivity index (χ3n) is 2.06. The fourth-order valence-corrected chi connectivity index (χ4v) is 1.30. The predicted molar refractivity (Wildman–Crippen MR) is 43.5 cm³/mol. The van der Waals surface area contributed by atoms with Crippen molar-refractivity contribution in [1.29, 1.82) is 0 Å². The number of ether oxygens (including phenoxy) is 1. The van der Waals surface area contributed by atoms with E-state index >= 15 is 0 Å². The number of halogens is 1. The molecule has 0 aromatic rings. The van der Waals surface area contributed by atoms with Crippen LogP contribution >= 0.6 is 0 Å². The van der Waals surface area contributed by atoms with Gasteiger partial charge in [-0.1, -0.05) is 0 Å². The van der Waals surface area contributed by atoms with Gasteiger partial charge in [0.05, 0.1) is 0 Å². The van der Waals surface area contributed by atoms with Gasteiger partial charge in [-0.15, -0.1) is 0 Å². The molecule has 0 N–H and O–H groups in total. The standard InChI is InChI=1S/C9H15FO2/c1-9(2,10)8(11)12-7-5-3-4-6-7/h7H,3-6H2,1-2H3. The van der Waals surface area contributed by atoms with Gasteiger partial charge in [0.15, 0.2) is 0 Å². The molecule has 0 bridgehead atoms. The number of alkyl halides is 1. The summed E-state index contributed by atoms with van der Waals surface area (Å²) in [5.74, 6) is -0.727. The van der Waals surface area contributed by atoms with Crippen LogP contribution in [0, 0.1) is 0 Å². The van der Waals surface area contributed by atoms with Gasteiger partial charge in [0.1, 0.15) is 6.10 Å². The molecule has 0 atom stereocenters. The van der Waals surface area contributed by atoms with E-state index in [2.05, 4.69) is 0 Å². The Bertz CT molecular complexity index is 166. The van der Waals surface area contributed by atoms with Crippen molar-refractivity contribution in [2.24, 2.45) is 0 Å². The van der Waals surface area contributed by atoms with Crippen LogP contribution in [-0.2, 0) is 9.53 Å². The van der Waals surface area contributed by atoms with E-state index in [1.54, 1.807) is 0 Å². The van der Waals surface area contributed by atoms with Gasteiger partial charge in [-0.05, 0) is 39.5 Å². The van der Waals surface area contributed by atoms with E-state index in [0.717, 1.165) is 25.7 Å². The smallest absolute Gasteiger partial charge is 0.343 e. The van der Waals surface area contributed by atoms with Gasteiger partial charge in [-0.3, -0.25) is 0 Å². The Balaban J connectivity index is 2.35. The number of hydrogen-bond acceptors (Lipinski definition) is 2. The molecule has 0 radical (unpaired) electrons. The molecule has 1 aliphatic carbocycles. The van der Waals surface area contributed by atoms with Crippen molar-refractivity contribution < 1.29 is 13.9 Å². The first-order valence-electron chi connectivity index (χ1n) is 4.40. The summed E-state index contributed by atoms with van der Waals surface area (Å²) in [6.07, 6.45) is 3.92. The lowest BCUT2D eigenvalue weighted by atomic mass is 10.2. The van der Waals surface area contributed by atoms with Crippen molar-refractivity contribution in [2.75, 3.05) is 0 Å². The molecule has 0 aromatic carbocycles. The van der Waals surface area contributed by atoms with E-state index < -0.39 is 11.6 Å². The van der Waals surface area contributed by atoms with Crippen LogP contribution in [0.5, 0.6) is 0 Å². The molecular weight excluding hydrogens is 159 g/mol. The summed E-state index contributed by atoms with van der Waals surface area (Å²) in [6, 6.07) is 0. The Labute approximate surface area is 72.1 Å². The fraction of sp³-hybridized carbons (Fsp3) is 0.889. The maximum Gasteiger partial charge on any atom is 0.343 e. The minimum atomic E-state index is -1.84. The fourth-order valence-electron chi connectivity index (χ4n) is 1.30. The Morgan fingerprint density at radius 1 is 1.42 bits per heavy atom. The molecule has 12 heavy (non-hydrogen) atoms. The van der Waals surface area contributed by atoms with Gasteiger partial charge in [0.2, 0.25) is 5.67 Å². The Hall–Kier alpha value is -0.600.